The number of esters is 1. The Balaban J connectivity index is 1.63. The van der Waals surface area contributed by atoms with Crippen LogP contribution in [0.5, 0.6) is 17.2 Å². The predicted molar refractivity (Wildman–Crippen MR) is 136 cm³/mol. The lowest BCUT2D eigenvalue weighted by molar-refractivity contribution is -0.146. The molecule has 1 saturated carbocycles. The van der Waals surface area contributed by atoms with Gasteiger partial charge in [-0.15, -0.1) is 0 Å². The summed E-state index contributed by atoms with van der Waals surface area (Å²) < 4.78 is 22.4. The third kappa shape index (κ3) is 3.72. The third-order valence-corrected chi connectivity index (χ3v) is 7.98. The van der Waals surface area contributed by atoms with Crippen molar-refractivity contribution in [1.82, 2.24) is 0 Å². The van der Waals surface area contributed by atoms with Gasteiger partial charge in [0, 0.05) is 23.6 Å². The molecule has 1 spiro atoms. The van der Waals surface area contributed by atoms with Crippen LogP contribution in [-0.4, -0.2) is 55.7 Å². The molecule has 5 rings (SSSR count). The molecule has 0 radical (unpaired) electrons. The quantitative estimate of drug-likeness (QED) is 0.419. The van der Waals surface area contributed by atoms with Crippen molar-refractivity contribution in [2.75, 3.05) is 20.8 Å². The number of rotatable bonds is 5. The molecule has 5 unspecified atom stereocenters. The average molecular weight is 526 g/mol. The van der Waals surface area contributed by atoms with Crippen molar-refractivity contribution in [2.24, 2.45) is 16.8 Å². The molecule has 194 valence electrons. The van der Waals surface area contributed by atoms with Gasteiger partial charge in [-0.1, -0.05) is 48.9 Å². The maximum Gasteiger partial charge on any atom is 0.330 e. The zero-order chi connectivity index (χ0) is 26.5. The van der Waals surface area contributed by atoms with Crippen molar-refractivity contribution in [1.29, 1.82) is 0 Å². The topological polar surface area (TPSA) is 100 Å². The average Bonchev–Trinajstić information content (AvgIpc) is 3.22. The zero-order valence-corrected chi connectivity index (χ0v) is 21.8. The molecule has 8 nitrogen and oxygen atoms in total. The summed E-state index contributed by atoms with van der Waals surface area (Å²) in [6.45, 7) is 3.77. The van der Waals surface area contributed by atoms with E-state index in [-0.39, 0.29) is 52.6 Å². The van der Waals surface area contributed by atoms with Crippen molar-refractivity contribution in [3.63, 3.8) is 0 Å². The summed E-state index contributed by atoms with van der Waals surface area (Å²) in [4.78, 5) is 45.9. The fraction of sp³-hybridized carbons (Fsp3) is 0.429. The van der Waals surface area contributed by atoms with E-state index in [1.807, 2.05) is 30.3 Å². The molecular weight excluding hydrogens is 498 g/mol. The number of fused-ring (bicyclic) bond motifs is 2. The Morgan fingerprint density at radius 1 is 1.16 bits per heavy atom. The number of ether oxygens (including phenoxy) is 4. The molecule has 3 aliphatic rings. The number of hydrogen-bond acceptors (Lipinski definition) is 8. The number of methoxy groups -OCH3 is 2. The zero-order valence-electron chi connectivity index (χ0n) is 21.1. The van der Waals surface area contributed by atoms with E-state index in [4.69, 9.17) is 30.5 Å². The minimum atomic E-state index is -1.79. The molecule has 9 heteroatoms. The van der Waals surface area contributed by atoms with E-state index in [1.54, 1.807) is 13.8 Å². The highest BCUT2D eigenvalue weighted by Crippen LogP contribution is 2.55. The van der Waals surface area contributed by atoms with E-state index in [2.05, 4.69) is 4.99 Å². The van der Waals surface area contributed by atoms with Gasteiger partial charge in [0.2, 0.25) is 11.4 Å². The fourth-order valence-corrected chi connectivity index (χ4v) is 6.16. The minimum Gasteiger partial charge on any atom is -0.496 e. The van der Waals surface area contributed by atoms with Crippen molar-refractivity contribution in [3.05, 3.63) is 52.5 Å². The van der Waals surface area contributed by atoms with Crippen molar-refractivity contribution < 1.29 is 33.3 Å². The number of nitrogens with zero attached hydrogens (tertiary/aromatic N) is 1. The summed E-state index contributed by atoms with van der Waals surface area (Å²) in [5, 5.41) is 0.105. The van der Waals surface area contributed by atoms with Crippen LogP contribution in [0, 0.1) is 11.8 Å². The smallest absolute Gasteiger partial charge is 0.330 e. The summed E-state index contributed by atoms with van der Waals surface area (Å²) in [5.41, 5.74) is -0.193. The second kappa shape index (κ2) is 9.49. The molecule has 1 aliphatic carbocycles. The van der Waals surface area contributed by atoms with Gasteiger partial charge >= 0.3 is 5.97 Å². The van der Waals surface area contributed by atoms with Crippen LogP contribution in [0.4, 0.5) is 0 Å². The molecule has 37 heavy (non-hydrogen) atoms. The summed E-state index contributed by atoms with van der Waals surface area (Å²) in [5.74, 6) is -2.40. The van der Waals surface area contributed by atoms with Crippen LogP contribution in [0.1, 0.15) is 48.5 Å². The lowest BCUT2D eigenvalue weighted by Gasteiger charge is -2.45. The second-order valence-electron chi connectivity index (χ2n) is 9.55. The molecule has 0 saturated heterocycles. The molecule has 0 N–H and O–H groups in total. The van der Waals surface area contributed by atoms with Crippen LogP contribution in [0.2, 0.25) is 5.02 Å². The highest BCUT2D eigenvalue weighted by atomic mass is 35.5. The predicted octanol–water partition coefficient (Wildman–Crippen LogP) is 4.46. The van der Waals surface area contributed by atoms with Crippen LogP contribution >= 0.6 is 11.6 Å². The van der Waals surface area contributed by atoms with E-state index in [0.717, 1.165) is 5.56 Å². The number of carbonyl (C=O) groups excluding carboxylic acids is 3. The standard InChI is InChI=1S/C28H28ClNO7/c1-5-36-27(33)18-12-16(15-9-7-6-8-10-15)21-17(30-18)11-14(2)28(25(21)31)26(32)22-19(34-3)13-20(35-4)23(29)24(22)37-28/h6-10,13-14,16,18,21H,5,11-12H2,1-4H3. The monoisotopic (exact) mass is 525 g/mol. The first-order valence-electron chi connectivity index (χ1n) is 12.3. The van der Waals surface area contributed by atoms with Gasteiger partial charge in [0.1, 0.15) is 28.1 Å². The number of hydrogen-bond donors (Lipinski definition) is 0. The minimum absolute atomic E-state index is 0.0833. The molecule has 1 fully saturated rings. The van der Waals surface area contributed by atoms with Crippen molar-refractivity contribution >= 4 is 34.8 Å². The molecule has 2 aliphatic heterocycles. The number of aliphatic imine (C=N–C) groups is 1. The highest BCUT2D eigenvalue weighted by molar-refractivity contribution is 6.36. The Bertz CT molecular complexity index is 1310. The first kappa shape index (κ1) is 25.3. The number of benzene rings is 2. The van der Waals surface area contributed by atoms with Crippen molar-refractivity contribution in [2.45, 2.75) is 44.2 Å². The molecular formula is C28H28ClNO7. The van der Waals surface area contributed by atoms with E-state index < -0.39 is 35.2 Å². The Morgan fingerprint density at radius 2 is 1.86 bits per heavy atom. The maximum atomic E-state index is 14.5. The second-order valence-corrected chi connectivity index (χ2v) is 9.93. The normalized spacial score (nSPS) is 28.2. The van der Waals surface area contributed by atoms with Crippen LogP contribution in [-0.2, 0) is 14.3 Å². The first-order chi connectivity index (χ1) is 17.8. The number of ketones is 2. The van der Waals surface area contributed by atoms with Gasteiger partial charge in [-0.25, -0.2) is 4.79 Å². The summed E-state index contributed by atoms with van der Waals surface area (Å²) in [6.07, 6.45) is 0.582. The van der Waals surface area contributed by atoms with Crippen LogP contribution in [0.25, 0.3) is 0 Å². The van der Waals surface area contributed by atoms with Gasteiger partial charge in [0.15, 0.2) is 11.5 Å². The first-order valence-corrected chi connectivity index (χ1v) is 12.7. The van der Waals surface area contributed by atoms with E-state index >= 15 is 0 Å². The van der Waals surface area contributed by atoms with Gasteiger partial charge in [0.25, 0.3) is 0 Å². The third-order valence-electron chi connectivity index (χ3n) is 7.62. The van der Waals surface area contributed by atoms with E-state index in [9.17, 15) is 14.4 Å². The maximum absolute atomic E-state index is 14.5. The van der Waals surface area contributed by atoms with Crippen LogP contribution < -0.4 is 14.2 Å². The highest BCUT2D eigenvalue weighted by Gasteiger charge is 2.65. The Morgan fingerprint density at radius 3 is 2.51 bits per heavy atom. The van der Waals surface area contributed by atoms with Gasteiger partial charge in [-0.3, -0.25) is 14.6 Å². The molecule has 0 amide bonds. The molecule has 5 atom stereocenters. The molecule has 2 aromatic carbocycles. The Kier molecular flexibility index (Phi) is 6.48. The Labute approximate surface area is 219 Å². The summed E-state index contributed by atoms with van der Waals surface area (Å²) >= 11 is 6.55. The number of halogens is 1. The van der Waals surface area contributed by atoms with Gasteiger partial charge in [-0.2, -0.15) is 0 Å². The van der Waals surface area contributed by atoms with Crippen molar-refractivity contribution in [3.8, 4) is 17.2 Å². The Hall–Kier alpha value is -3.39. The molecule has 0 bridgehead atoms. The largest absolute Gasteiger partial charge is 0.496 e. The van der Waals surface area contributed by atoms with E-state index in [0.29, 0.717) is 12.1 Å². The lowest BCUT2D eigenvalue weighted by Crippen LogP contribution is -2.62. The SMILES string of the molecule is CCOC(=O)C1CC(c2ccccc2)C2C(=O)C3(Oc4c(Cl)c(OC)cc(OC)c4C3=O)C(C)CC2=N1. The van der Waals surface area contributed by atoms with Gasteiger partial charge in [0.05, 0.1) is 26.7 Å². The van der Waals surface area contributed by atoms with E-state index in [1.165, 1.54) is 20.3 Å². The number of Topliss-reactive ketones (excluding diaryl/α,β-unsaturated/α-hetero) is 2. The number of carbonyl (C=O) groups is 3. The summed E-state index contributed by atoms with van der Waals surface area (Å²) in [7, 11) is 2.88. The van der Waals surface area contributed by atoms with Crippen LogP contribution in [0.15, 0.2) is 41.4 Å². The summed E-state index contributed by atoms with van der Waals surface area (Å²) in [6, 6.07) is 10.3. The van der Waals surface area contributed by atoms with Gasteiger partial charge < -0.3 is 18.9 Å². The van der Waals surface area contributed by atoms with Gasteiger partial charge in [-0.05, 0) is 25.3 Å². The molecule has 2 heterocycles. The lowest BCUT2D eigenvalue weighted by atomic mass is 9.61. The molecule has 2 aromatic rings. The van der Waals surface area contributed by atoms with Crippen LogP contribution in [0.3, 0.4) is 0 Å². The fourth-order valence-electron chi connectivity index (χ4n) is 5.89. The molecule has 0 aromatic heterocycles.